The average molecular weight is 507 g/mol. The van der Waals surface area contributed by atoms with Crippen molar-refractivity contribution in [3.63, 3.8) is 0 Å². The van der Waals surface area contributed by atoms with Crippen LogP contribution in [0.1, 0.15) is 30.1 Å². The van der Waals surface area contributed by atoms with E-state index in [-0.39, 0.29) is 18.0 Å². The molecule has 4 rings (SSSR count). The zero-order valence-electron chi connectivity index (χ0n) is 20.2. The molecule has 3 N–H and O–H groups in total. The summed E-state index contributed by atoms with van der Waals surface area (Å²) in [6, 6.07) is 3.19. The lowest BCUT2D eigenvalue weighted by molar-refractivity contribution is -0.0331. The topological polar surface area (TPSA) is 113 Å². The SMILES string of the molecule is CCOc1cc(N)c(Cl)cc1C(=O)NCC1CN(CC2CCN(C(=O)N3C=NCC3)CC2)CCO1. The monoisotopic (exact) mass is 506 g/mol. The molecule has 0 radical (unpaired) electrons. The van der Waals surface area contributed by atoms with E-state index in [1.54, 1.807) is 23.4 Å². The largest absolute Gasteiger partial charge is 0.493 e. The molecule has 1 aromatic rings. The first kappa shape index (κ1) is 25.5. The molecule has 3 aliphatic rings. The number of ether oxygens (including phenoxy) is 2. The molecule has 3 amide bonds. The van der Waals surface area contributed by atoms with Gasteiger partial charge >= 0.3 is 6.03 Å². The number of benzene rings is 1. The predicted octanol–water partition coefficient (Wildman–Crippen LogP) is 1.93. The minimum absolute atomic E-state index is 0.0711. The number of nitrogens with two attached hydrogens (primary N) is 1. The van der Waals surface area contributed by atoms with E-state index in [1.165, 1.54) is 0 Å². The first-order valence-corrected chi connectivity index (χ1v) is 12.7. The summed E-state index contributed by atoms with van der Waals surface area (Å²) in [5.41, 5.74) is 6.59. The van der Waals surface area contributed by atoms with Crippen LogP contribution in [0.5, 0.6) is 5.75 Å². The molecule has 11 heteroatoms. The van der Waals surface area contributed by atoms with Gasteiger partial charge in [-0.3, -0.25) is 19.6 Å². The number of aliphatic imine (C=N–C) groups is 1. The molecule has 1 aromatic carbocycles. The molecule has 0 aliphatic carbocycles. The molecule has 192 valence electrons. The van der Waals surface area contributed by atoms with Crippen molar-refractivity contribution in [2.75, 3.05) is 71.3 Å². The lowest BCUT2D eigenvalue weighted by Gasteiger charge is -2.38. The Labute approximate surface area is 211 Å². The molecule has 2 fully saturated rings. The maximum Gasteiger partial charge on any atom is 0.325 e. The number of carbonyl (C=O) groups is 2. The molecule has 0 saturated carbocycles. The van der Waals surface area contributed by atoms with Crippen molar-refractivity contribution in [1.29, 1.82) is 0 Å². The van der Waals surface area contributed by atoms with Crippen LogP contribution >= 0.6 is 11.6 Å². The number of urea groups is 1. The maximum atomic E-state index is 12.8. The van der Waals surface area contributed by atoms with Crippen LogP contribution in [-0.2, 0) is 4.74 Å². The fourth-order valence-electron chi connectivity index (χ4n) is 4.77. The molecular formula is C24H35ClN6O4. The van der Waals surface area contributed by atoms with Crippen molar-refractivity contribution < 1.29 is 19.1 Å². The fourth-order valence-corrected chi connectivity index (χ4v) is 4.93. The highest BCUT2D eigenvalue weighted by Crippen LogP contribution is 2.29. The lowest BCUT2D eigenvalue weighted by atomic mass is 9.96. The van der Waals surface area contributed by atoms with Crippen LogP contribution in [0.2, 0.25) is 5.02 Å². The summed E-state index contributed by atoms with van der Waals surface area (Å²) in [5.74, 6) is 0.696. The third-order valence-electron chi connectivity index (χ3n) is 6.69. The Balaban J connectivity index is 1.23. The van der Waals surface area contributed by atoms with Gasteiger partial charge in [0.1, 0.15) is 5.75 Å². The highest BCUT2D eigenvalue weighted by atomic mass is 35.5. The van der Waals surface area contributed by atoms with E-state index in [1.807, 2.05) is 11.8 Å². The van der Waals surface area contributed by atoms with Crippen molar-refractivity contribution >= 4 is 35.6 Å². The first-order valence-electron chi connectivity index (χ1n) is 12.3. The zero-order valence-corrected chi connectivity index (χ0v) is 21.0. The van der Waals surface area contributed by atoms with Gasteiger partial charge in [-0.2, -0.15) is 0 Å². The van der Waals surface area contributed by atoms with Gasteiger partial charge in [-0.15, -0.1) is 0 Å². The van der Waals surface area contributed by atoms with Crippen LogP contribution in [0.15, 0.2) is 17.1 Å². The first-order chi connectivity index (χ1) is 16.9. The van der Waals surface area contributed by atoms with Gasteiger partial charge in [0.25, 0.3) is 5.91 Å². The van der Waals surface area contributed by atoms with Crippen LogP contribution in [-0.4, -0.2) is 105 Å². The van der Waals surface area contributed by atoms with Gasteiger partial charge in [-0.1, -0.05) is 11.6 Å². The van der Waals surface area contributed by atoms with Gasteiger partial charge in [-0.05, 0) is 31.7 Å². The van der Waals surface area contributed by atoms with Gasteiger partial charge in [0.15, 0.2) is 0 Å². The zero-order chi connectivity index (χ0) is 24.8. The molecule has 3 aliphatic heterocycles. The Hall–Kier alpha value is -2.56. The van der Waals surface area contributed by atoms with E-state index >= 15 is 0 Å². The Morgan fingerprint density at radius 3 is 2.77 bits per heavy atom. The van der Waals surface area contributed by atoms with E-state index < -0.39 is 0 Å². The highest BCUT2D eigenvalue weighted by Gasteiger charge is 2.29. The number of piperidine rings is 1. The summed E-state index contributed by atoms with van der Waals surface area (Å²) in [4.78, 5) is 35.5. The number of anilines is 1. The Bertz CT molecular complexity index is 937. The number of carbonyl (C=O) groups excluding carboxylic acids is 2. The number of morpholine rings is 1. The van der Waals surface area contributed by atoms with E-state index in [0.717, 1.165) is 45.6 Å². The molecule has 0 bridgehead atoms. The van der Waals surface area contributed by atoms with Gasteiger partial charge in [0.2, 0.25) is 0 Å². The molecule has 10 nitrogen and oxygen atoms in total. The maximum absolute atomic E-state index is 12.8. The van der Waals surface area contributed by atoms with Crippen molar-refractivity contribution in [3.8, 4) is 5.75 Å². The number of hydrogen-bond acceptors (Lipinski definition) is 7. The summed E-state index contributed by atoms with van der Waals surface area (Å²) in [6.45, 7) is 8.84. The standard InChI is InChI=1S/C24H35ClN6O4/c1-2-34-22-12-21(26)20(25)11-19(22)23(32)28-13-18-15-29(9-10-35-18)14-17-3-6-30(7-4-17)24(33)31-8-5-27-16-31/h11-12,16-18H,2-10,13-15,26H2,1H3,(H,28,32). The van der Waals surface area contributed by atoms with Crippen LogP contribution in [0.3, 0.4) is 0 Å². The molecule has 3 heterocycles. The number of hydrogen-bond donors (Lipinski definition) is 2. The summed E-state index contributed by atoms with van der Waals surface area (Å²) < 4.78 is 11.5. The second kappa shape index (κ2) is 11.9. The van der Waals surface area contributed by atoms with Crippen LogP contribution in [0.4, 0.5) is 10.5 Å². The van der Waals surface area contributed by atoms with E-state index in [4.69, 9.17) is 26.8 Å². The van der Waals surface area contributed by atoms with E-state index in [0.29, 0.717) is 60.8 Å². The van der Waals surface area contributed by atoms with Crippen LogP contribution < -0.4 is 15.8 Å². The fraction of sp³-hybridized carbons (Fsp3) is 0.625. The number of amides is 3. The third kappa shape index (κ3) is 6.56. The Morgan fingerprint density at radius 2 is 2.06 bits per heavy atom. The van der Waals surface area contributed by atoms with Crippen LogP contribution in [0.25, 0.3) is 0 Å². The number of likely N-dealkylation sites (tertiary alicyclic amines) is 1. The van der Waals surface area contributed by atoms with Crippen molar-refractivity contribution in [1.82, 2.24) is 20.0 Å². The van der Waals surface area contributed by atoms with E-state index in [9.17, 15) is 9.59 Å². The minimum atomic E-state index is -0.267. The molecule has 1 atom stereocenters. The predicted molar refractivity (Wildman–Crippen MR) is 135 cm³/mol. The molecule has 0 aromatic heterocycles. The quantitative estimate of drug-likeness (QED) is 0.546. The molecule has 0 spiro atoms. The van der Waals surface area contributed by atoms with Gasteiger partial charge in [0.05, 0.1) is 48.5 Å². The van der Waals surface area contributed by atoms with Gasteiger partial charge < -0.3 is 25.4 Å². The van der Waals surface area contributed by atoms with Gasteiger partial charge in [0, 0.05) is 51.9 Å². The number of nitrogens with one attached hydrogen (secondary N) is 1. The van der Waals surface area contributed by atoms with Crippen LogP contribution in [0, 0.1) is 5.92 Å². The third-order valence-corrected chi connectivity index (χ3v) is 7.02. The van der Waals surface area contributed by atoms with Crippen molar-refractivity contribution in [2.45, 2.75) is 25.9 Å². The Kier molecular flexibility index (Phi) is 8.69. The summed E-state index contributed by atoms with van der Waals surface area (Å²) >= 11 is 6.13. The summed E-state index contributed by atoms with van der Waals surface area (Å²) in [5, 5.41) is 3.27. The number of nitrogen functional groups attached to an aromatic ring is 1. The summed E-state index contributed by atoms with van der Waals surface area (Å²) in [7, 11) is 0. The molecule has 2 saturated heterocycles. The highest BCUT2D eigenvalue weighted by molar-refractivity contribution is 6.33. The van der Waals surface area contributed by atoms with Gasteiger partial charge in [-0.25, -0.2) is 4.79 Å². The average Bonchev–Trinajstić information content (AvgIpc) is 3.40. The summed E-state index contributed by atoms with van der Waals surface area (Å²) in [6.07, 6.45) is 3.55. The molecule has 1 unspecified atom stereocenters. The molecular weight excluding hydrogens is 472 g/mol. The number of rotatable bonds is 7. The van der Waals surface area contributed by atoms with Crippen molar-refractivity contribution in [2.24, 2.45) is 10.9 Å². The van der Waals surface area contributed by atoms with Crippen molar-refractivity contribution in [3.05, 3.63) is 22.7 Å². The normalized spacial score (nSPS) is 21.4. The smallest absolute Gasteiger partial charge is 0.325 e. The van der Waals surface area contributed by atoms with E-state index in [2.05, 4.69) is 15.2 Å². The Morgan fingerprint density at radius 1 is 1.26 bits per heavy atom. The minimum Gasteiger partial charge on any atom is -0.493 e. The number of nitrogens with zero attached hydrogens (tertiary/aromatic N) is 4. The lowest BCUT2D eigenvalue weighted by Crippen LogP contribution is -2.50. The number of halogens is 1. The molecule has 35 heavy (non-hydrogen) atoms. The second-order valence-electron chi connectivity index (χ2n) is 9.19. The second-order valence-corrected chi connectivity index (χ2v) is 9.60.